The van der Waals surface area contributed by atoms with E-state index in [4.69, 9.17) is 0 Å². The quantitative estimate of drug-likeness (QED) is 0.569. The standard InChI is InChI=1S/C11H20/c1-7(2)9-10(8(3)4)11(9)5-6-11/h7-10H,5-6H2,1-4H3. The Morgan fingerprint density at radius 3 is 1.36 bits per heavy atom. The zero-order valence-corrected chi connectivity index (χ0v) is 8.22. The number of rotatable bonds is 2. The summed E-state index contributed by atoms with van der Waals surface area (Å²) in [6, 6.07) is 0. The molecule has 0 aromatic carbocycles. The van der Waals surface area contributed by atoms with Gasteiger partial charge in [0.15, 0.2) is 0 Å². The van der Waals surface area contributed by atoms with Crippen LogP contribution in [0.25, 0.3) is 0 Å². The summed E-state index contributed by atoms with van der Waals surface area (Å²) in [5, 5.41) is 0. The molecule has 2 saturated carbocycles. The molecule has 0 aliphatic heterocycles. The lowest BCUT2D eigenvalue weighted by atomic mass is 10.0. The Labute approximate surface area is 70.4 Å². The Morgan fingerprint density at radius 2 is 1.27 bits per heavy atom. The molecule has 2 aliphatic rings. The van der Waals surface area contributed by atoms with Crippen molar-refractivity contribution in [3.63, 3.8) is 0 Å². The molecule has 2 unspecified atom stereocenters. The number of hydrogen-bond acceptors (Lipinski definition) is 0. The molecule has 11 heavy (non-hydrogen) atoms. The second-order valence-corrected chi connectivity index (χ2v) is 5.27. The van der Waals surface area contributed by atoms with Crippen LogP contribution in [0.5, 0.6) is 0 Å². The van der Waals surface area contributed by atoms with E-state index in [2.05, 4.69) is 27.7 Å². The Hall–Kier alpha value is 0. The van der Waals surface area contributed by atoms with Gasteiger partial charge in [-0.25, -0.2) is 0 Å². The van der Waals surface area contributed by atoms with E-state index >= 15 is 0 Å². The zero-order valence-electron chi connectivity index (χ0n) is 8.22. The largest absolute Gasteiger partial charge is 0.0625 e. The van der Waals surface area contributed by atoms with Crippen LogP contribution in [0.1, 0.15) is 40.5 Å². The van der Waals surface area contributed by atoms with Crippen molar-refractivity contribution in [2.45, 2.75) is 40.5 Å². The van der Waals surface area contributed by atoms with Crippen LogP contribution in [0.2, 0.25) is 0 Å². The van der Waals surface area contributed by atoms with E-state index in [1.165, 1.54) is 0 Å². The van der Waals surface area contributed by atoms with Gasteiger partial charge >= 0.3 is 0 Å². The molecular weight excluding hydrogens is 132 g/mol. The zero-order chi connectivity index (χ0) is 8.22. The molecule has 2 aliphatic carbocycles. The van der Waals surface area contributed by atoms with E-state index < -0.39 is 0 Å². The van der Waals surface area contributed by atoms with Gasteiger partial charge in [0.25, 0.3) is 0 Å². The molecule has 0 nitrogen and oxygen atoms in total. The number of hydrogen-bond donors (Lipinski definition) is 0. The van der Waals surface area contributed by atoms with Gasteiger partial charge in [0, 0.05) is 0 Å². The van der Waals surface area contributed by atoms with Crippen molar-refractivity contribution in [1.82, 2.24) is 0 Å². The van der Waals surface area contributed by atoms with Crippen molar-refractivity contribution >= 4 is 0 Å². The molecule has 0 N–H and O–H groups in total. The lowest BCUT2D eigenvalue weighted by Crippen LogP contribution is -1.97. The third-order valence-corrected chi connectivity index (χ3v) is 3.87. The normalized spacial score (nSPS) is 38.7. The Kier molecular flexibility index (Phi) is 1.41. The fraction of sp³-hybridized carbons (Fsp3) is 1.00. The van der Waals surface area contributed by atoms with E-state index in [9.17, 15) is 0 Å². The molecule has 2 fully saturated rings. The van der Waals surface area contributed by atoms with Crippen molar-refractivity contribution in [3.05, 3.63) is 0 Å². The van der Waals surface area contributed by atoms with Crippen LogP contribution in [0.15, 0.2) is 0 Å². The molecule has 0 aromatic rings. The van der Waals surface area contributed by atoms with E-state index in [-0.39, 0.29) is 0 Å². The molecule has 2 atom stereocenters. The minimum absolute atomic E-state index is 0.877. The highest BCUT2D eigenvalue weighted by Crippen LogP contribution is 2.78. The predicted octanol–water partition coefficient (Wildman–Crippen LogP) is 3.32. The summed E-state index contributed by atoms with van der Waals surface area (Å²) in [4.78, 5) is 0. The fourth-order valence-electron chi connectivity index (χ4n) is 3.52. The molecule has 0 heteroatoms. The predicted molar refractivity (Wildman–Crippen MR) is 48.3 cm³/mol. The smallest absolute Gasteiger partial charge is 0.0230 e. The van der Waals surface area contributed by atoms with Gasteiger partial charge < -0.3 is 0 Å². The Morgan fingerprint density at radius 1 is 0.909 bits per heavy atom. The molecule has 1 spiro atoms. The molecular formula is C11H20. The third kappa shape index (κ3) is 0.878. The summed E-state index contributed by atoms with van der Waals surface area (Å²) in [6.45, 7) is 9.58. The van der Waals surface area contributed by atoms with Gasteiger partial charge in [0.1, 0.15) is 0 Å². The maximum Gasteiger partial charge on any atom is -0.0230 e. The van der Waals surface area contributed by atoms with Crippen LogP contribution >= 0.6 is 0 Å². The molecule has 2 rings (SSSR count). The van der Waals surface area contributed by atoms with E-state index in [1.54, 1.807) is 12.8 Å². The minimum atomic E-state index is 0.877. The molecule has 0 bridgehead atoms. The maximum absolute atomic E-state index is 2.40. The first kappa shape index (κ1) is 7.64. The van der Waals surface area contributed by atoms with Crippen molar-refractivity contribution < 1.29 is 0 Å². The average molecular weight is 152 g/mol. The van der Waals surface area contributed by atoms with Gasteiger partial charge in [0.05, 0.1) is 0 Å². The minimum Gasteiger partial charge on any atom is -0.0625 e. The highest BCUT2D eigenvalue weighted by molar-refractivity contribution is 5.20. The summed E-state index contributed by atoms with van der Waals surface area (Å²) >= 11 is 0. The van der Waals surface area contributed by atoms with Crippen molar-refractivity contribution in [3.8, 4) is 0 Å². The van der Waals surface area contributed by atoms with Gasteiger partial charge in [0.2, 0.25) is 0 Å². The van der Waals surface area contributed by atoms with Crippen LogP contribution < -0.4 is 0 Å². The average Bonchev–Trinajstić information content (AvgIpc) is 2.71. The topological polar surface area (TPSA) is 0 Å². The lowest BCUT2D eigenvalue weighted by molar-refractivity contribution is 0.448. The Balaban J connectivity index is 2.05. The maximum atomic E-state index is 2.40. The molecule has 0 aromatic heterocycles. The van der Waals surface area contributed by atoms with Crippen molar-refractivity contribution in [1.29, 1.82) is 0 Å². The van der Waals surface area contributed by atoms with Crippen LogP contribution in [0.3, 0.4) is 0 Å². The van der Waals surface area contributed by atoms with Crippen LogP contribution in [0, 0.1) is 29.1 Å². The van der Waals surface area contributed by atoms with Crippen LogP contribution in [-0.2, 0) is 0 Å². The van der Waals surface area contributed by atoms with Gasteiger partial charge in [-0.1, -0.05) is 27.7 Å². The second-order valence-electron chi connectivity index (χ2n) is 5.27. The van der Waals surface area contributed by atoms with Gasteiger partial charge in [-0.2, -0.15) is 0 Å². The van der Waals surface area contributed by atoms with Gasteiger partial charge in [-0.3, -0.25) is 0 Å². The molecule has 0 amide bonds. The summed E-state index contributed by atoms with van der Waals surface area (Å²) in [7, 11) is 0. The summed E-state index contributed by atoms with van der Waals surface area (Å²) in [5.41, 5.74) is 0.877. The van der Waals surface area contributed by atoms with E-state index in [0.29, 0.717) is 0 Å². The first-order valence-corrected chi connectivity index (χ1v) is 5.09. The van der Waals surface area contributed by atoms with E-state index in [1.807, 2.05) is 0 Å². The van der Waals surface area contributed by atoms with Crippen LogP contribution in [-0.4, -0.2) is 0 Å². The third-order valence-electron chi connectivity index (χ3n) is 3.87. The molecule has 0 radical (unpaired) electrons. The first-order chi connectivity index (χ1) is 5.09. The lowest BCUT2D eigenvalue weighted by Gasteiger charge is -2.04. The fourth-order valence-corrected chi connectivity index (χ4v) is 3.52. The second kappa shape index (κ2) is 2.02. The molecule has 0 saturated heterocycles. The van der Waals surface area contributed by atoms with Gasteiger partial charge in [-0.15, -0.1) is 0 Å². The van der Waals surface area contributed by atoms with Crippen molar-refractivity contribution in [2.75, 3.05) is 0 Å². The molecule has 64 valence electrons. The summed E-state index contributed by atoms with van der Waals surface area (Å²) < 4.78 is 0. The molecule has 0 heterocycles. The van der Waals surface area contributed by atoms with Crippen LogP contribution in [0.4, 0.5) is 0 Å². The van der Waals surface area contributed by atoms with Gasteiger partial charge in [-0.05, 0) is 41.9 Å². The summed E-state index contributed by atoms with van der Waals surface area (Å²) in [6.07, 6.45) is 3.08. The Bertz CT molecular complexity index is 147. The first-order valence-electron chi connectivity index (χ1n) is 5.09. The summed E-state index contributed by atoms with van der Waals surface area (Å²) in [5.74, 6) is 4.04. The van der Waals surface area contributed by atoms with Crippen molar-refractivity contribution in [2.24, 2.45) is 29.1 Å². The SMILES string of the molecule is CC(C)C1C(C(C)C)C12CC2. The van der Waals surface area contributed by atoms with E-state index in [0.717, 1.165) is 29.1 Å². The highest BCUT2D eigenvalue weighted by Gasteiger charge is 2.72. The highest BCUT2D eigenvalue weighted by atomic mass is 14.8. The monoisotopic (exact) mass is 152 g/mol.